The van der Waals surface area contributed by atoms with Crippen molar-refractivity contribution in [2.45, 2.75) is 43.5 Å². The van der Waals surface area contributed by atoms with Gasteiger partial charge in [-0.05, 0) is 68.0 Å². The Morgan fingerprint density at radius 2 is 1.88 bits per heavy atom. The van der Waals surface area contributed by atoms with Crippen LogP contribution in [0, 0.1) is 6.92 Å². The molecule has 0 bridgehead atoms. The lowest BCUT2D eigenvalue weighted by Gasteiger charge is -2.28. The Morgan fingerprint density at radius 3 is 2.70 bits per heavy atom. The van der Waals surface area contributed by atoms with Crippen LogP contribution < -0.4 is 10.2 Å². The first kappa shape index (κ1) is 22.0. The number of thioether (sulfide) groups is 1. The largest absolute Gasteiger partial charge is 0.378 e. The Morgan fingerprint density at radius 1 is 1.09 bits per heavy atom. The molecule has 0 spiro atoms. The minimum atomic E-state index is -0.331. The molecule has 1 amide bonds. The molecule has 1 fully saturated rings. The van der Waals surface area contributed by atoms with Crippen molar-refractivity contribution in [2.75, 3.05) is 36.5 Å². The van der Waals surface area contributed by atoms with Crippen LogP contribution in [-0.4, -0.2) is 52.2 Å². The van der Waals surface area contributed by atoms with Crippen molar-refractivity contribution in [1.29, 1.82) is 0 Å². The van der Waals surface area contributed by atoms with Gasteiger partial charge in [-0.1, -0.05) is 36.0 Å². The highest BCUT2D eigenvalue weighted by atomic mass is 32.2. The van der Waals surface area contributed by atoms with Crippen LogP contribution in [-0.2, 0) is 22.4 Å². The number of para-hydroxylation sites is 1. The molecule has 1 N–H and O–H groups in total. The van der Waals surface area contributed by atoms with E-state index in [1.807, 2.05) is 25.1 Å². The van der Waals surface area contributed by atoms with E-state index >= 15 is 0 Å². The molecule has 1 unspecified atom stereocenters. The number of fused-ring (bicyclic) bond motifs is 1. The molecular weight excluding hydrogens is 434 g/mol. The number of nitrogens with zero attached hydrogens (tertiary/aromatic N) is 4. The van der Waals surface area contributed by atoms with E-state index in [2.05, 4.69) is 56.2 Å². The monoisotopic (exact) mass is 463 g/mol. The number of hydrogen-bond acceptors (Lipinski definition) is 6. The molecule has 1 aliphatic carbocycles. The van der Waals surface area contributed by atoms with E-state index in [4.69, 9.17) is 4.74 Å². The molecule has 2 aromatic carbocycles. The Kier molecular flexibility index (Phi) is 6.37. The Bertz CT molecular complexity index is 1160. The van der Waals surface area contributed by atoms with Gasteiger partial charge >= 0.3 is 0 Å². The summed E-state index contributed by atoms with van der Waals surface area (Å²) in [4.78, 5) is 15.2. The SMILES string of the molecule is Cc1ccccc1-n1c(SC(C)C(=O)Nc2ccc3c(c2)CCC3)nnc1N1CCOCC1. The fraction of sp³-hybridized carbons (Fsp3) is 0.400. The van der Waals surface area contributed by atoms with Gasteiger partial charge in [0.1, 0.15) is 0 Å². The van der Waals surface area contributed by atoms with Gasteiger partial charge in [0.15, 0.2) is 5.16 Å². The molecule has 1 saturated heterocycles. The van der Waals surface area contributed by atoms with Crippen LogP contribution in [0.2, 0.25) is 0 Å². The zero-order chi connectivity index (χ0) is 22.8. The zero-order valence-corrected chi connectivity index (χ0v) is 19.9. The lowest BCUT2D eigenvalue weighted by molar-refractivity contribution is -0.115. The topological polar surface area (TPSA) is 72.3 Å². The molecule has 3 aromatic rings. The first-order valence-electron chi connectivity index (χ1n) is 11.5. The van der Waals surface area contributed by atoms with Crippen molar-refractivity contribution in [1.82, 2.24) is 14.8 Å². The van der Waals surface area contributed by atoms with Crippen LogP contribution in [0.1, 0.15) is 30.0 Å². The van der Waals surface area contributed by atoms with Crippen LogP contribution in [0.15, 0.2) is 47.6 Å². The quantitative estimate of drug-likeness (QED) is 0.557. The van der Waals surface area contributed by atoms with Gasteiger partial charge < -0.3 is 15.0 Å². The number of hydrogen-bond donors (Lipinski definition) is 1. The maximum Gasteiger partial charge on any atom is 0.237 e. The number of nitrogens with one attached hydrogen (secondary N) is 1. The highest BCUT2D eigenvalue weighted by Gasteiger charge is 2.25. The van der Waals surface area contributed by atoms with Gasteiger partial charge in [0.25, 0.3) is 0 Å². The molecule has 1 aliphatic heterocycles. The number of anilines is 2. The molecule has 5 rings (SSSR count). The number of amides is 1. The molecule has 2 heterocycles. The Balaban J connectivity index is 1.38. The molecular formula is C25H29N5O2S. The number of carbonyl (C=O) groups excluding carboxylic acids is 1. The molecule has 0 radical (unpaired) electrons. The van der Waals surface area contributed by atoms with E-state index in [-0.39, 0.29) is 11.2 Å². The molecule has 0 saturated carbocycles. The Hall–Kier alpha value is -2.84. The predicted molar refractivity (Wildman–Crippen MR) is 132 cm³/mol. The standard InChI is InChI=1S/C25H29N5O2S/c1-17-6-3-4-9-22(17)30-24(29-12-14-32-15-13-29)27-28-25(30)33-18(2)23(31)26-21-11-10-19-7-5-8-20(19)16-21/h3-4,6,9-11,16,18H,5,7-8,12-15H2,1-2H3,(H,26,31). The number of morpholine rings is 1. The van der Waals surface area contributed by atoms with Crippen molar-refractivity contribution >= 4 is 29.3 Å². The van der Waals surface area contributed by atoms with Crippen LogP contribution in [0.4, 0.5) is 11.6 Å². The minimum Gasteiger partial charge on any atom is -0.378 e. The van der Waals surface area contributed by atoms with Crippen LogP contribution in [0.5, 0.6) is 0 Å². The first-order chi connectivity index (χ1) is 16.1. The average Bonchev–Trinajstić information content (AvgIpc) is 3.46. The first-order valence-corrected chi connectivity index (χ1v) is 12.4. The van der Waals surface area contributed by atoms with Crippen LogP contribution in [0.25, 0.3) is 5.69 Å². The molecule has 172 valence electrons. The summed E-state index contributed by atoms with van der Waals surface area (Å²) in [5, 5.41) is 12.5. The van der Waals surface area contributed by atoms with Crippen molar-refractivity contribution in [3.8, 4) is 5.69 Å². The van der Waals surface area contributed by atoms with Crippen molar-refractivity contribution < 1.29 is 9.53 Å². The second kappa shape index (κ2) is 9.57. The fourth-order valence-electron chi connectivity index (χ4n) is 4.44. The van der Waals surface area contributed by atoms with E-state index < -0.39 is 0 Å². The van der Waals surface area contributed by atoms with Crippen molar-refractivity contribution in [3.05, 3.63) is 59.2 Å². The smallest absolute Gasteiger partial charge is 0.237 e. The number of carbonyl (C=O) groups is 1. The van der Waals surface area contributed by atoms with Gasteiger partial charge in [-0.15, -0.1) is 10.2 Å². The third kappa shape index (κ3) is 4.63. The Labute approximate surface area is 198 Å². The fourth-order valence-corrected chi connectivity index (χ4v) is 5.29. The molecule has 1 atom stereocenters. The second-order valence-electron chi connectivity index (χ2n) is 8.59. The molecule has 1 aromatic heterocycles. The molecule has 7 nitrogen and oxygen atoms in total. The van der Waals surface area contributed by atoms with E-state index in [1.54, 1.807) is 0 Å². The second-order valence-corrected chi connectivity index (χ2v) is 9.90. The van der Waals surface area contributed by atoms with Gasteiger partial charge in [-0.2, -0.15) is 0 Å². The van der Waals surface area contributed by atoms with Gasteiger partial charge in [-0.25, -0.2) is 0 Å². The van der Waals surface area contributed by atoms with E-state index in [9.17, 15) is 4.79 Å². The van der Waals surface area contributed by atoms with Crippen LogP contribution in [0.3, 0.4) is 0 Å². The maximum absolute atomic E-state index is 13.0. The lowest BCUT2D eigenvalue weighted by Crippen LogP contribution is -2.38. The normalized spacial score (nSPS) is 16.5. The van der Waals surface area contributed by atoms with Gasteiger partial charge in [0.2, 0.25) is 11.9 Å². The third-order valence-corrected chi connectivity index (χ3v) is 7.33. The minimum absolute atomic E-state index is 0.0368. The van der Waals surface area contributed by atoms with Crippen LogP contribution >= 0.6 is 11.8 Å². The summed E-state index contributed by atoms with van der Waals surface area (Å²) >= 11 is 1.43. The number of benzene rings is 2. The van der Waals surface area contributed by atoms with Gasteiger partial charge in [-0.3, -0.25) is 9.36 Å². The van der Waals surface area contributed by atoms with Gasteiger partial charge in [0, 0.05) is 18.8 Å². The zero-order valence-electron chi connectivity index (χ0n) is 19.1. The summed E-state index contributed by atoms with van der Waals surface area (Å²) in [6.45, 7) is 6.87. The van der Waals surface area contributed by atoms with Crippen molar-refractivity contribution in [3.63, 3.8) is 0 Å². The van der Waals surface area contributed by atoms with Crippen molar-refractivity contribution in [2.24, 2.45) is 0 Å². The maximum atomic E-state index is 13.0. The number of aryl methyl sites for hydroxylation is 3. The number of ether oxygens (including phenoxy) is 1. The highest BCUT2D eigenvalue weighted by Crippen LogP contribution is 2.32. The summed E-state index contributed by atoms with van der Waals surface area (Å²) in [6.07, 6.45) is 3.42. The molecule has 2 aliphatic rings. The number of rotatable bonds is 6. The van der Waals surface area contributed by atoms with Gasteiger partial charge in [0.05, 0.1) is 24.2 Å². The molecule has 8 heteroatoms. The third-order valence-electron chi connectivity index (χ3n) is 6.28. The summed E-state index contributed by atoms with van der Waals surface area (Å²) in [5.74, 6) is 0.756. The van der Waals surface area contributed by atoms with E-state index in [0.717, 1.165) is 48.8 Å². The number of aromatic nitrogens is 3. The predicted octanol–water partition coefficient (Wildman–Crippen LogP) is 4.02. The molecule has 33 heavy (non-hydrogen) atoms. The lowest BCUT2D eigenvalue weighted by atomic mass is 10.1. The summed E-state index contributed by atoms with van der Waals surface area (Å²) in [7, 11) is 0. The average molecular weight is 464 g/mol. The van der Waals surface area contributed by atoms with E-state index in [0.29, 0.717) is 18.4 Å². The summed E-state index contributed by atoms with van der Waals surface area (Å²) in [5.41, 5.74) is 5.77. The van der Waals surface area contributed by atoms with E-state index in [1.165, 1.54) is 29.3 Å². The highest BCUT2D eigenvalue weighted by molar-refractivity contribution is 8.00. The summed E-state index contributed by atoms with van der Waals surface area (Å²) < 4.78 is 7.59. The summed E-state index contributed by atoms with van der Waals surface area (Å²) in [6, 6.07) is 14.5.